The molecule has 0 heterocycles. The summed E-state index contributed by atoms with van der Waals surface area (Å²) in [4.78, 5) is 0. The number of nitrogen functional groups attached to an aromatic ring is 1. The number of nitrogens with two attached hydrogens (primary N) is 2. The van der Waals surface area contributed by atoms with Crippen molar-refractivity contribution >= 4 is 5.69 Å². The molecular formula is C9H12F2N2. The molecule has 0 aliphatic carbocycles. The smallest absolute Gasteiger partial charge is 0.163 e. The van der Waals surface area contributed by atoms with Crippen LogP contribution in [0.15, 0.2) is 12.1 Å². The molecule has 1 aromatic rings. The second kappa shape index (κ2) is 3.70. The number of hydrogen-bond donors (Lipinski definition) is 2. The minimum atomic E-state index is -0.945. The fraction of sp³-hybridized carbons (Fsp3) is 0.333. The number of anilines is 1. The molecule has 1 aromatic carbocycles. The Morgan fingerprint density at radius 2 is 2.00 bits per heavy atom. The van der Waals surface area contributed by atoms with Gasteiger partial charge in [-0.1, -0.05) is 6.92 Å². The highest BCUT2D eigenvalue weighted by Crippen LogP contribution is 2.22. The molecule has 0 fully saturated rings. The molecule has 13 heavy (non-hydrogen) atoms. The topological polar surface area (TPSA) is 52.0 Å². The Balaban J connectivity index is 3.20. The zero-order valence-electron chi connectivity index (χ0n) is 7.35. The van der Waals surface area contributed by atoms with E-state index in [1.54, 1.807) is 6.92 Å². The summed E-state index contributed by atoms with van der Waals surface area (Å²) in [7, 11) is 0. The largest absolute Gasteiger partial charge is 0.399 e. The van der Waals surface area contributed by atoms with Gasteiger partial charge in [-0.05, 0) is 18.6 Å². The summed E-state index contributed by atoms with van der Waals surface area (Å²) in [6.07, 6.45) is 0.541. The summed E-state index contributed by atoms with van der Waals surface area (Å²) in [5.41, 5.74) is 11.3. The number of benzene rings is 1. The molecule has 4 heteroatoms. The minimum absolute atomic E-state index is 0.139. The van der Waals surface area contributed by atoms with E-state index < -0.39 is 17.7 Å². The third kappa shape index (κ3) is 1.95. The molecule has 1 rings (SSSR count). The van der Waals surface area contributed by atoms with Crippen LogP contribution in [0.1, 0.15) is 24.9 Å². The van der Waals surface area contributed by atoms with Gasteiger partial charge in [0.2, 0.25) is 0 Å². The lowest BCUT2D eigenvalue weighted by atomic mass is 10.0. The van der Waals surface area contributed by atoms with E-state index in [4.69, 9.17) is 11.5 Å². The summed E-state index contributed by atoms with van der Waals surface area (Å²) in [5, 5.41) is 0. The lowest BCUT2D eigenvalue weighted by Gasteiger charge is -2.11. The number of rotatable bonds is 2. The first kappa shape index (κ1) is 9.92. The maximum absolute atomic E-state index is 13.1. The van der Waals surface area contributed by atoms with E-state index in [0.717, 1.165) is 6.07 Å². The zero-order valence-corrected chi connectivity index (χ0v) is 7.35. The van der Waals surface area contributed by atoms with Gasteiger partial charge in [0.15, 0.2) is 11.6 Å². The van der Waals surface area contributed by atoms with Crippen molar-refractivity contribution in [2.45, 2.75) is 19.4 Å². The molecule has 72 valence electrons. The van der Waals surface area contributed by atoms with Crippen LogP contribution < -0.4 is 11.5 Å². The van der Waals surface area contributed by atoms with Crippen molar-refractivity contribution in [3.63, 3.8) is 0 Å². The molecule has 2 nitrogen and oxygen atoms in total. The molecule has 0 aliphatic heterocycles. The van der Waals surface area contributed by atoms with Crippen molar-refractivity contribution in [3.8, 4) is 0 Å². The number of halogens is 2. The first-order chi connectivity index (χ1) is 6.06. The molecular weight excluding hydrogens is 174 g/mol. The fourth-order valence-corrected chi connectivity index (χ4v) is 1.12. The van der Waals surface area contributed by atoms with E-state index >= 15 is 0 Å². The summed E-state index contributed by atoms with van der Waals surface area (Å²) in [5.74, 6) is -1.84. The summed E-state index contributed by atoms with van der Waals surface area (Å²) in [6.45, 7) is 1.80. The third-order valence-electron chi connectivity index (χ3n) is 1.92. The van der Waals surface area contributed by atoms with Crippen LogP contribution in [-0.2, 0) is 0 Å². The van der Waals surface area contributed by atoms with Crippen molar-refractivity contribution < 1.29 is 8.78 Å². The minimum Gasteiger partial charge on any atom is -0.399 e. The monoisotopic (exact) mass is 186 g/mol. The van der Waals surface area contributed by atoms with Crippen LogP contribution in [0.3, 0.4) is 0 Å². The normalized spacial score (nSPS) is 12.9. The molecule has 0 radical (unpaired) electrons. The summed E-state index contributed by atoms with van der Waals surface area (Å²) < 4.78 is 25.9. The van der Waals surface area contributed by atoms with Gasteiger partial charge in [-0.15, -0.1) is 0 Å². The Morgan fingerprint density at radius 1 is 1.38 bits per heavy atom. The Labute approximate surface area is 75.5 Å². The van der Waals surface area contributed by atoms with Crippen molar-refractivity contribution in [1.82, 2.24) is 0 Å². The van der Waals surface area contributed by atoms with Crippen LogP contribution >= 0.6 is 0 Å². The zero-order chi connectivity index (χ0) is 10.0. The fourth-order valence-electron chi connectivity index (χ4n) is 1.12. The van der Waals surface area contributed by atoms with Gasteiger partial charge in [-0.3, -0.25) is 0 Å². The standard InChI is InChI=1S/C9H12F2N2/c1-2-8(13)6-3-5(12)4-7(10)9(6)11/h3-4,8H,2,12-13H2,1H3. The predicted molar refractivity (Wildman–Crippen MR) is 48.0 cm³/mol. The molecule has 0 saturated heterocycles. The van der Waals surface area contributed by atoms with Crippen molar-refractivity contribution in [3.05, 3.63) is 29.3 Å². The van der Waals surface area contributed by atoms with Crippen LogP contribution in [-0.4, -0.2) is 0 Å². The van der Waals surface area contributed by atoms with Gasteiger partial charge in [0.05, 0.1) is 0 Å². The Kier molecular flexibility index (Phi) is 2.83. The number of hydrogen-bond acceptors (Lipinski definition) is 2. The average Bonchev–Trinajstić information content (AvgIpc) is 2.10. The van der Waals surface area contributed by atoms with E-state index in [1.807, 2.05) is 0 Å². The SMILES string of the molecule is CCC(N)c1cc(N)cc(F)c1F. The van der Waals surface area contributed by atoms with Gasteiger partial charge >= 0.3 is 0 Å². The van der Waals surface area contributed by atoms with Gasteiger partial charge in [-0.25, -0.2) is 8.78 Å². The van der Waals surface area contributed by atoms with Gasteiger partial charge in [0, 0.05) is 17.3 Å². The van der Waals surface area contributed by atoms with Crippen LogP contribution in [0.2, 0.25) is 0 Å². The summed E-state index contributed by atoms with van der Waals surface area (Å²) in [6, 6.07) is 1.81. The van der Waals surface area contributed by atoms with Crippen LogP contribution in [0.25, 0.3) is 0 Å². The molecule has 1 unspecified atom stereocenters. The maximum Gasteiger partial charge on any atom is 0.163 e. The van der Waals surface area contributed by atoms with Crippen molar-refractivity contribution in [2.24, 2.45) is 5.73 Å². The first-order valence-corrected chi connectivity index (χ1v) is 4.06. The molecule has 0 amide bonds. The maximum atomic E-state index is 13.1. The summed E-state index contributed by atoms with van der Waals surface area (Å²) >= 11 is 0. The highest BCUT2D eigenvalue weighted by atomic mass is 19.2. The second-order valence-electron chi connectivity index (χ2n) is 2.92. The van der Waals surface area contributed by atoms with Gasteiger partial charge in [0.1, 0.15) is 0 Å². The predicted octanol–water partition coefficient (Wildman–Crippen LogP) is 1.96. The molecule has 1 atom stereocenters. The highest BCUT2D eigenvalue weighted by molar-refractivity contribution is 5.43. The quantitative estimate of drug-likeness (QED) is 0.693. The third-order valence-corrected chi connectivity index (χ3v) is 1.92. The molecule has 0 bridgehead atoms. The molecule has 4 N–H and O–H groups in total. The van der Waals surface area contributed by atoms with Gasteiger partial charge in [0.25, 0.3) is 0 Å². The van der Waals surface area contributed by atoms with Gasteiger partial charge < -0.3 is 11.5 Å². The highest BCUT2D eigenvalue weighted by Gasteiger charge is 2.14. The first-order valence-electron chi connectivity index (χ1n) is 4.06. The lowest BCUT2D eigenvalue weighted by Crippen LogP contribution is -2.12. The van der Waals surface area contributed by atoms with Gasteiger partial charge in [-0.2, -0.15) is 0 Å². The second-order valence-corrected chi connectivity index (χ2v) is 2.92. The molecule has 0 aromatic heterocycles. The van der Waals surface area contributed by atoms with E-state index in [0.29, 0.717) is 6.42 Å². The van der Waals surface area contributed by atoms with Crippen LogP contribution in [0.4, 0.5) is 14.5 Å². The van der Waals surface area contributed by atoms with E-state index in [1.165, 1.54) is 6.07 Å². The van der Waals surface area contributed by atoms with E-state index in [-0.39, 0.29) is 11.3 Å². The van der Waals surface area contributed by atoms with Crippen molar-refractivity contribution in [1.29, 1.82) is 0 Å². The Hall–Kier alpha value is -1.16. The Morgan fingerprint density at radius 3 is 2.54 bits per heavy atom. The van der Waals surface area contributed by atoms with Crippen molar-refractivity contribution in [2.75, 3.05) is 5.73 Å². The van der Waals surface area contributed by atoms with E-state index in [9.17, 15) is 8.78 Å². The van der Waals surface area contributed by atoms with Crippen LogP contribution in [0, 0.1) is 11.6 Å². The van der Waals surface area contributed by atoms with E-state index in [2.05, 4.69) is 0 Å². The van der Waals surface area contributed by atoms with Crippen LogP contribution in [0.5, 0.6) is 0 Å². The molecule has 0 aliphatic rings. The average molecular weight is 186 g/mol. The molecule has 0 saturated carbocycles. The lowest BCUT2D eigenvalue weighted by molar-refractivity contribution is 0.487. The molecule has 0 spiro atoms. The Bertz CT molecular complexity index is 313.